The highest BCUT2D eigenvalue weighted by molar-refractivity contribution is 5.54. The van der Waals surface area contributed by atoms with Crippen molar-refractivity contribution in [2.75, 3.05) is 25.1 Å². The van der Waals surface area contributed by atoms with Crippen LogP contribution in [0.2, 0.25) is 0 Å². The fourth-order valence-corrected chi connectivity index (χ4v) is 2.95. The first-order valence-electron chi connectivity index (χ1n) is 7.44. The number of benzene rings is 1. The Morgan fingerprint density at radius 1 is 1.32 bits per heavy atom. The van der Waals surface area contributed by atoms with Crippen LogP contribution in [0, 0.1) is 0 Å². The molecule has 3 nitrogen and oxygen atoms in total. The minimum atomic E-state index is 0.242. The van der Waals surface area contributed by atoms with Gasteiger partial charge in [0, 0.05) is 37.5 Å². The molecule has 1 aromatic rings. The van der Waals surface area contributed by atoms with E-state index < -0.39 is 0 Å². The fourth-order valence-electron chi connectivity index (χ4n) is 2.95. The molecule has 1 aromatic carbocycles. The Labute approximate surface area is 115 Å². The van der Waals surface area contributed by atoms with E-state index in [0.29, 0.717) is 0 Å². The molecule has 2 aliphatic rings. The molecule has 1 saturated heterocycles. The van der Waals surface area contributed by atoms with Crippen molar-refractivity contribution in [1.82, 2.24) is 5.32 Å². The molecule has 0 aromatic heterocycles. The van der Waals surface area contributed by atoms with Gasteiger partial charge in [0.15, 0.2) is 0 Å². The highest BCUT2D eigenvalue weighted by Crippen LogP contribution is 2.24. The van der Waals surface area contributed by atoms with Crippen molar-refractivity contribution < 1.29 is 4.74 Å². The van der Waals surface area contributed by atoms with Gasteiger partial charge in [0.05, 0.1) is 0 Å². The summed E-state index contributed by atoms with van der Waals surface area (Å²) in [5.74, 6) is 0. The summed E-state index contributed by atoms with van der Waals surface area (Å²) in [5.41, 5.74) is 4.44. The number of ether oxygens (including phenoxy) is 1. The van der Waals surface area contributed by atoms with Gasteiger partial charge in [-0.05, 0) is 49.8 Å². The molecule has 0 saturated carbocycles. The summed E-state index contributed by atoms with van der Waals surface area (Å²) in [6, 6.07) is 6.84. The average molecular weight is 260 g/mol. The SMILES string of the molecule is CC1(NCc2ccc3c(c2)CCCN3)CCOCC1. The van der Waals surface area contributed by atoms with Crippen molar-refractivity contribution in [2.45, 2.75) is 44.7 Å². The second-order valence-corrected chi connectivity index (χ2v) is 6.05. The van der Waals surface area contributed by atoms with Crippen LogP contribution in [0.15, 0.2) is 18.2 Å². The molecule has 0 unspecified atom stereocenters. The molecule has 19 heavy (non-hydrogen) atoms. The second-order valence-electron chi connectivity index (χ2n) is 6.05. The lowest BCUT2D eigenvalue weighted by atomic mass is 9.92. The first kappa shape index (κ1) is 12.9. The van der Waals surface area contributed by atoms with E-state index in [1.165, 1.54) is 29.7 Å². The number of hydrogen-bond acceptors (Lipinski definition) is 3. The lowest BCUT2D eigenvalue weighted by molar-refractivity contribution is 0.0446. The van der Waals surface area contributed by atoms with Crippen molar-refractivity contribution in [3.63, 3.8) is 0 Å². The summed E-state index contributed by atoms with van der Waals surface area (Å²) < 4.78 is 5.44. The number of nitrogens with one attached hydrogen (secondary N) is 2. The van der Waals surface area contributed by atoms with E-state index in [-0.39, 0.29) is 5.54 Å². The molecule has 104 valence electrons. The summed E-state index contributed by atoms with van der Waals surface area (Å²) in [5, 5.41) is 7.19. The molecule has 2 aliphatic heterocycles. The Morgan fingerprint density at radius 2 is 2.16 bits per heavy atom. The molecule has 0 aliphatic carbocycles. The quantitative estimate of drug-likeness (QED) is 0.876. The molecule has 2 heterocycles. The summed E-state index contributed by atoms with van der Waals surface area (Å²) >= 11 is 0. The second kappa shape index (κ2) is 5.51. The minimum absolute atomic E-state index is 0.242. The van der Waals surface area contributed by atoms with E-state index in [4.69, 9.17) is 4.74 Å². The fraction of sp³-hybridized carbons (Fsp3) is 0.625. The van der Waals surface area contributed by atoms with Crippen molar-refractivity contribution in [3.8, 4) is 0 Å². The van der Waals surface area contributed by atoms with Crippen LogP contribution in [0.25, 0.3) is 0 Å². The monoisotopic (exact) mass is 260 g/mol. The number of anilines is 1. The predicted octanol–water partition coefficient (Wildman–Crippen LogP) is 2.70. The van der Waals surface area contributed by atoms with Crippen LogP contribution in [0.1, 0.15) is 37.3 Å². The normalized spacial score (nSPS) is 21.5. The van der Waals surface area contributed by atoms with Crippen LogP contribution in [-0.2, 0) is 17.7 Å². The lowest BCUT2D eigenvalue weighted by Crippen LogP contribution is -2.46. The van der Waals surface area contributed by atoms with Gasteiger partial charge in [-0.15, -0.1) is 0 Å². The van der Waals surface area contributed by atoms with Gasteiger partial charge in [0.1, 0.15) is 0 Å². The van der Waals surface area contributed by atoms with Gasteiger partial charge < -0.3 is 15.4 Å². The molecule has 0 spiro atoms. The third kappa shape index (κ3) is 3.10. The summed E-state index contributed by atoms with van der Waals surface area (Å²) in [6.07, 6.45) is 4.68. The molecule has 0 radical (unpaired) electrons. The summed E-state index contributed by atoms with van der Waals surface area (Å²) in [7, 11) is 0. The van der Waals surface area contributed by atoms with Gasteiger partial charge in [-0.3, -0.25) is 0 Å². The van der Waals surface area contributed by atoms with Crippen LogP contribution in [0.5, 0.6) is 0 Å². The molecule has 0 amide bonds. The zero-order valence-electron chi connectivity index (χ0n) is 11.8. The van der Waals surface area contributed by atoms with E-state index >= 15 is 0 Å². The lowest BCUT2D eigenvalue weighted by Gasteiger charge is -2.34. The van der Waals surface area contributed by atoms with Gasteiger partial charge in [-0.25, -0.2) is 0 Å². The maximum atomic E-state index is 5.44. The Hall–Kier alpha value is -1.06. The predicted molar refractivity (Wildman–Crippen MR) is 78.6 cm³/mol. The van der Waals surface area contributed by atoms with E-state index in [1.54, 1.807) is 0 Å². The van der Waals surface area contributed by atoms with Gasteiger partial charge in [-0.1, -0.05) is 12.1 Å². The zero-order valence-corrected chi connectivity index (χ0v) is 11.8. The third-order valence-corrected chi connectivity index (χ3v) is 4.42. The average Bonchev–Trinajstić information content (AvgIpc) is 2.46. The number of fused-ring (bicyclic) bond motifs is 1. The largest absolute Gasteiger partial charge is 0.385 e. The standard InChI is InChI=1S/C16H24N2O/c1-16(6-9-19-10-7-16)18-12-13-4-5-15-14(11-13)3-2-8-17-15/h4-5,11,17-18H,2-3,6-10,12H2,1H3. The highest BCUT2D eigenvalue weighted by Gasteiger charge is 2.26. The Balaban J connectivity index is 1.63. The molecule has 3 rings (SSSR count). The topological polar surface area (TPSA) is 33.3 Å². The Morgan fingerprint density at radius 3 is 3.00 bits per heavy atom. The van der Waals surface area contributed by atoms with Crippen LogP contribution in [-0.4, -0.2) is 25.3 Å². The summed E-state index contributed by atoms with van der Waals surface area (Å²) in [6.45, 7) is 6.16. The first-order valence-corrected chi connectivity index (χ1v) is 7.44. The van der Waals surface area contributed by atoms with Crippen LogP contribution < -0.4 is 10.6 Å². The van der Waals surface area contributed by atoms with Gasteiger partial charge in [0.25, 0.3) is 0 Å². The maximum absolute atomic E-state index is 5.44. The van der Waals surface area contributed by atoms with Crippen LogP contribution in [0.3, 0.4) is 0 Å². The number of aryl methyl sites for hydroxylation is 1. The third-order valence-electron chi connectivity index (χ3n) is 4.42. The number of rotatable bonds is 3. The molecular weight excluding hydrogens is 236 g/mol. The molecular formula is C16H24N2O. The minimum Gasteiger partial charge on any atom is -0.385 e. The van der Waals surface area contributed by atoms with E-state index in [1.807, 2.05) is 0 Å². The molecule has 1 fully saturated rings. The smallest absolute Gasteiger partial charge is 0.0483 e. The van der Waals surface area contributed by atoms with Crippen molar-refractivity contribution in [2.24, 2.45) is 0 Å². The van der Waals surface area contributed by atoms with Crippen molar-refractivity contribution >= 4 is 5.69 Å². The maximum Gasteiger partial charge on any atom is 0.0483 e. The first-order chi connectivity index (χ1) is 9.25. The highest BCUT2D eigenvalue weighted by atomic mass is 16.5. The Bertz CT molecular complexity index is 438. The van der Waals surface area contributed by atoms with Gasteiger partial charge in [-0.2, -0.15) is 0 Å². The van der Waals surface area contributed by atoms with Crippen molar-refractivity contribution in [3.05, 3.63) is 29.3 Å². The molecule has 0 bridgehead atoms. The summed E-state index contributed by atoms with van der Waals surface area (Å²) in [4.78, 5) is 0. The van der Waals surface area contributed by atoms with Gasteiger partial charge >= 0.3 is 0 Å². The van der Waals surface area contributed by atoms with E-state index in [2.05, 4.69) is 35.8 Å². The molecule has 2 N–H and O–H groups in total. The van der Waals surface area contributed by atoms with Gasteiger partial charge in [0.2, 0.25) is 0 Å². The van der Waals surface area contributed by atoms with E-state index in [0.717, 1.165) is 39.1 Å². The van der Waals surface area contributed by atoms with Crippen molar-refractivity contribution in [1.29, 1.82) is 0 Å². The van der Waals surface area contributed by atoms with Crippen LogP contribution in [0.4, 0.5) is 5.69 Å². The van der Waals surface area contributed by atoms with Crippen LogP contribution >= 0.6 is 0 Å². The van der Waals surface area contributed by atoms with E-state index in [9.17, 15) is 0 Å². The number of hydrogen-bond donors (Lipinski definition) is 2. The Kier molecular flexibility index (Phi) is 3.76. The molecule has 0 atom stereocenters. The molecule has 3 heteroatoms. The zero-order chi connectivity index (χ0) is 13.1.